The van der Waals surface area contributed by atoms with E-state index in [9.17, 15) is 4.39 Å². The van der Waals surface area contributed by atoms with Gasteiger partial charge in [0.15, 0.2) is 0 Å². The van der Waals surface area contributed by atoms with E-state index in [0.29, 0.717) is 11.4 Å². The number of nitrogens with one attached hydrogen (secondary N) is 1. The first-order valence-electron chi connectivity index (χ1n) is 4.71. The molecule has 0 aliphatic heterocycles. The Labute approximate surface area is 88.9 Å². The lowest BCUT2D eigenvalue weighted by molar-refractivity contribution is 0.233. The van der Waals surface area contributed by atoms with Gasteiger partial charge < -0.3 is 15.2 Å². The van der Waals surface area contributed by atoms with Crippen LogP contribution in [0.1, 0.15) is 13.8 Å². The first kappa shape index (κ1) is 11.8. The fourth-order valence-electron chi connectivity index (χ4n) is 1.18. The Kier molecular flexibility index (Phi) is 3.52. The molecule has 1 aromatic carbocycles. The van der Waals surface area contributed by atoms with Gasteiger partial charge in [-0.2, -0.15) is 0 Å². The number of benzene rings is 1. The Bertz CT molecular complexity index is 339. The van der Waals surface area contributed by atoms with Gasteiger partial charge in [-0.1, -0.05) is 0 Å². The van der Waals surface area contributed by atoms with Crippen LogP contribution in [0, 0.1) is 5.82 Å². The molecule has 1 rings (SSSR count). The summed E-state index contributed by atoms with van der Waals surface area (Å²) in [7, 11) is 1.52. The number of aliphatic hydroxyl groups is 1. The largest absolute Gasteiger partial charge is 0.495 e. The highest BCUT2D eigenvalue weighted by atomic mass is 19.1. The molecule has 0 bridgehead atoms. The number of aliphatic hydroxyl groups excluding tert-OH is 1. The van der Waals surface area contributed by atoms with Gasteiger partial charge in [0.2, 0.25) is 0 Å². The van der Waals surface area contributed by atoms with Gasteiger partial charge in [0.1, 0.15) is 11.6 Å². The average Bonchev–Trinajstić information content (AvgIpc) is 2.18. The van der Waals surface area contributed by atoms with Crippen LogP contribution < -0.4 is 10.1 Å². The molecule has 0 amide bonds. The monoisotopic (exact) mass is 213 g/mol. The van der Waals surface area contributed by atoms with Crippen molar-refractivity contribution in [1.29, 1.82) is 0 Å². The van der Waals surface area contributed by atoms with Crippen molar-refractivity contribution in [2.45, 2.75) is 19.4 Å². The van der Waals surface area contributed by atoms with Crippen LogP contribution >= 0.6 is 0 Å². The van der Waals surface area contributed by atoms with Gasteiger partial charge in [0.25, 0.3) is 0 Å². The molecule has 0 aromatic heterocycles. The minimum Gasteiger partial charge on any atom is -0.495 e. The smallest absolute Gasteiger partial charge is 0.142 e. The van der Waals surface area contributed by atoms with E-state index in [1.807, 2.05) is 13.8 Å². The topological polar surface area (TPSA) is 41.5 Å². The van der Waals surface area contributed by atoms with E-state index < -0.39 is 5.54 Å². The van der Waals surface area contributed by atoms with Crippen LogP contribution in [0.3, 0.4) is 0 Å². The van der Waals surface area contributed by atoms with E-state index in [4.69, 9.17) is 9.84 Å². The first-order chi connectivity index (χ1) is 6.98. The van der Waals surface area contributed by atoms with Crippen LogP contribution in [0.25, 0.3) is 0 Å². The molecule has 0 unspecified atom stereocenters. The van der Waals surface area contributed by atoms with Crippen LogP contribution in [0.5, 0.6) is 5.75 Å². The minimum absolute atomic E-state index is 0.0489. The number of methoxy groups -OCH3 is 1. The highest BCUT2D eigenvalue weighted by molar-refractivity contribution is 5.57. The summed E-state index contributed by atoms with van der Waals surface area (Å²) in [6.07, 6.45) is 0. The van der Waals surface area contributed by atoms with Gasteiger partial charge in [-0.15, -0.1) is 0 Å². The summed E-state index contributed by atoms with van der Waals surface area (Å²) in [5.41, 5.74) is 0.0256. The van der Waals surface area contributed by atoms with Crippen LogP contribution in [0.15, 0.2) is 18.2 Å². The lowest BCUT2D eigenvalue weighted by atomic mass is 10.1. The normalized spacial score (nSPS) is 11.3. The second-order valence-corrected chi connectivity index (χ2v) is 4.01. The molecule has 3 nitrogen and oxygen atoms in total. The second kappa shape index (κ2) is 4.49. The van der Waals surface area contributed by atoms with Crippen LogP contribution in [0.2, 0.25) is 0 Å². The van der Waals surface area contributed by atoms with E-state index in [1.54, 1.807) is 6.07 Å². The number of rotatable bonds is 4. The van der Waals surface area contributed by atoms with Gasteiger partial charge in [0, 0.05) is 6.07 Å². The third-order valence-corrected chi connectivity index (χ3v) is 2.03. The molecule has 0 aliphatic rings. The van der Waals surface area contributed by atoms with Crippen molar-refractivity contribution in [2.24, 2.45) is 0 Å². The number of hydrogen-bond acceptors (Lipinski definition) is 3. The summed E-state index contributed by atoms with van der Waals surface area (Å²) < 4.78 is 18.1. The Hall–Kier alpha value is -1.29. The molecule has 0 atom stereocenters. The maximum absolute atomic E-state index is 13.0. The lowest BCUT2D eigenvalue weighted by Crippen LogP contribution is -2.35. The molecular formula is C11H16FNO2. The molecule has 0 saturated heterocycles. The summed E-state index contributed by atoms with van der Waals surface area (Å²) in [5, 5.41) is 12.1. The lowest BCUT2D eigenvalue weighted by Gasteiger charge is -2.26. The van der Waals surface area contributed by atoms with Crippen LogP contribution in [-0.2, 0) is 0 Å². The molecule has 84 valence electrons. The molecule has 0 spiro atoms. The predicted molar refractivity (Wildman–Crippen MR) is 57.7 cm³/mol. The quantitative estimate of drug-likeness (QED) is 0.804. The van der Waals surface area contributed by atoms with Crippen molar-refractivity contribution in [2.75, 3.05) is 19.0 Å². The fourth-order valence-corrected chi connectivity index (χ4v) is 1.18. The standard InChI is InChI=1S/C11H16FNO2/c1-11(2,7-14)13-9-6-8(12)4-5-10(9)15-3/h4-6,13-14H,7H2,1-3H3. The zero-order valence-electron chi connectivity index (χ0n) is 9.17. The van der Waals surface area contributed by atoms with Gasteiger partial charge in [-0.3, -0.25) is 0 Å². The van der Waals surface area contributed by atoms with Crippen molar-refractivity contribution in [3.8, 4) is 5.75 Å². The second-order valence-electron chi connectivity index (χ2n) is 4.01. The maximum atomic E-state index is 13.0. The zero-order chi connectivity index (χ0) is 11.5. The summed E-state index contributed by atoms with van der Waals surface area (Å²) >= 11 is 0. The number of hydrogen-bond donors (Lipinski definition) is 2. The highest BCUT2D eigenvalue weighted by Crippen LogP contribution is 2.27. The van der Waals surface area contributed by atoms with Crippen molar-refractivity contribution >= 4 is 5.69 Å². The highest BCUT2D eigenvalue weighted by Gasteiger charge is 2.18. The molecule has 1 aromatic rings. The van der Waals surface area contributed by atoms with E-state index >= 15 is 0 Å². The van der Waals surface area contributed by atoms with Crippen molar-refractivity contribution in [3.05, 3.63) is 24.0 Å². The SMILES string of the molecule is COc1ccc(F)cc1NC(C)(C)CO. The van der Waals surface area contributed by atoms with Crippen LogP contribution in [0.4, 0.5) is 10.1 Å². The summed E-state index contributed by atoms with van der Waals surface area (Å²) in [5.74, 6) is 0.213. The molecule has 0 saturated carbocycles. The van der Waals surface area contributed by atoms with Crippen molar-refractivity contribution in [3.63, 3.8) is 0 Å². The molecule has 0 radical (unpaired) electrons. The summed E-state index contributed by atoms with van der Waals surface area (Å²) in [6.45, 7) is 3.58. The molecule has 0 aliphatic carbocycles. The fraction of sp³-hybridized carbons (Fsp3) is 0.455. The zero-order valence-corrected chi connectivity index (χ0v) is 9.17. The number of halogens is 1. The van der Waals surface area contributed by atoms with Crippen molar-refractivity contribution < 1.29 is 14.2 Å². The summed E-state index contributed by atoms with van der Waals surface area (Å²) in [4.78, 5) is 0. The minimum atomic E-state index is -0.513. The van der Waals surface area contributed by atoms with E-state index in [1.165, 1.54) is 19.2 Å². The predicted octanol–water partition coefficient (Wildman–Crippen LogP) is 2.02. The Morgan fingerprint density at radius 2 is 2.13 bits per heavy atom. The van der Waals surface area contributed by atoms with Crippen molar-refractivity contribution in [1.82, 2.24) is 0 Å². The summed E-state index contributed by atoms with van der Waals surface area (Å²) in [6, 6.07) is 4.22. The van der Waals surface area contributed by atoms with Gasteiger partial charge in [-0.05, 0) is 26.0 Å². The molecule has 0 fully saturated rings. The van der Waals surface area contributed by atoms with Gasteiger partial charge in [0.05, 0.1) is 24.9 Å². The van der Waals surface area contributed by atoms with Crippen LogP contribution in [-0.4, -0.2) is 24.4 Å². The third-order valence-electron chi connectivity index (χ3n) is 2.03. The number of ether oxygens (including phenoxy) is 1. The maximum Gasteiger partial charge on any atom is 0.142 e. The Morgan fingerprint density at radius 3 is 2.67 bits per heavy atom. The first-order valence-corrected chi connectivity index (χ1v) is 4.71. The molecule has 2 N–H and O–H groups in total. The molecule has 0 heterocycles. The van der Waals surface area contributed by atoms with E-state index in [0.717, 1.165) is 0 Å². The third kappa shape index (κ3) is 3.09. The Morgan fingerprint density at radius 1 is 1.47 bits per heavy atom. The van der Waals surface area contributed by atoms with Gasteiger partial charge in [-0.25, -0.2) is 4.39 Å². The molecule has 4 heteroatoms. The average molecular weight is 213 g/mol. The molecular weight excluding hydrogens is 197 g/mol. The number of anilines is 1. The van der Waals surface area contributed by atoms with E-state index in [-0.39, 0.29) is 12.4 Å². The molecule has 15 heavy (non-hydrogen) atoms. The van der Waals surface area contributed by atoms with E-state index in [2.05, 4.69) is 5.32 Å². The van der Waals surface area contributed by atoms with Gasteiger partial charge >= 0.3 is 0 Å². The Balaban J connectivity index is 2.97.